The lowest BCUT2D eigenvalue weighted by atomic mass is 9.95. The van der Waals surface area contributed by atoms with Gasteiger partial charge >= 0.3 is 5.97 Å². The molecule has 1 aromatic heterocycles. The molecule has 0 saturated carbocycles. The molecule has 1 N–H and O–H groups in total. The predicted molar refractivity (Wildman–Crippen MR) is 75.2 cm³/mol. The third kappa shape index (κ3) is 2.69. The summed E-state index contributed by atoms with van der Waals surface area (Å²) in [5.74, 6) is -0.371. The number of ether oxygens (including phenoxy) is 1. The molecule has 0 spiro atoms. The number of aliphatic carboxylic acids is 1. The minimum atomic E-state index is -0.976. The maximum absolute atomic E-state index is 11.1. The van der Waals surface area contributed by atoms with E-state index in [1.807, 2.05) is 11.0 Å². The Balaban J connectivity index is 1.93. The molecular formula is C15H17N3O3. The number of anilines is 1. The number of carbonyl (C=O) groups is 1. The first kappa shape index (κ1) is 13.8. The number of pyridine rings is 1. The Morgan fingerprint density at radius 2 is 2.29 bits per heavy atom. The van der Waals surface area contributed by atoms with Gasteiger partial charge in [-0.1, -0.05) is 0 Å². The summed E-state index contributed by atoms with van der Waals surface area (Å²) in [6, 6.07) is 4.11. The maximum Gasteiger partial charge on any atom is 0.334 e. The molecule has 0 aromatic carbocycles. The van der Waals surface area contributed by atoms with Crippen LogP contribution in [-0.2, 0) is 22.4 Å². The van der Waals surface area contributed by atoms with Gasteiger partial charge in [-0.2, -0.15) is 5.26 Å². The van der Waals surface area contributed by atoms with Crippen molar-refractivity contribution < 1.29 is 14.6 Å². The topological polar surface area (TPSA) is 86.5 Å². The summed E-state index contributed by atoms with van der Waals surface area (Å²) in [6.45, 7) is 1.13. The highest BCUT2D eigenvalue weighted by Crippen LogP contribution is 2.27. The summed E-state index contributed by atoms with van der Waals surface area (Å²) in [7, 11) is 0. The Morgan fingerprint density at radius 3 is 3.05 bits per heavy atom. The summed E-state index contributed by atoms with van der Waals surface area (Å²) < 4.78 is 5.23. The Morgan fingerprint density at radius 1 is 1.48 bits per heavy atom. The summed E-state index contributed by atoms with van der Waals surface area (Å²) in [6.07, 6.45) is 3.30. The average Bonchev–Trinajstić information content (AvgIpc) is 2.53. The normalized spacial score (nSPS) is 21.5. The zero-order chi connectivity index (χ0) is 14.8. The Labute approximate surface area is 123 Å². The van der Waals surface area contributed by atoms with Crippen molar-refractivity contribution in [1.29, 1.82) is 5.26 Å². The molecular weight excluding hydrogens is 270 g/mol. The van der Waals surface area contributed by atoms with E-state index in [4.69, 9.17) is 9.84 Å². The van der Waals surface area contributed by atoms with E-state index in [-0.39, 0.29) is 6.54 Å². The lowest BCUT2D eigenvalue weighted by molar-refractivity contribution is -0.150. The van der Waals surface area contributed by atoms with Gasteiger partial charge in [0.15, 0.2) is 6.10 Å². The van der Waals surface area contributed by atoms with Gasteiger partial charge in [0.1, 0.15) is 11.9 Å². The molecule has 1 unspecified atom stereocenters. The number of aromatic nitrogens is 1. The van der Waals surface area contributed by atoms with E-state index in [0.717, 1.165) is 36.9 Å². The quantitative estimate of drug-likeness (QED) is 0.877. The van der Waals surface area contributed by atoms with Crippen LogP contribution in [-0.4, -0.2) is 41.9 Å². The highest BCUT2D eigenvalue weighted by Gasteiger charge is 2.29. The van der Waals surface area contributed by atoms with Gasteiger partial charge in [-0.3, -0.25) is 0 Å². The zero-order valence-corrected chi connectivity index (χ0v) is 11.7. The lowest BCUT2D eigenvalue weighted by Gasteiger charge is -2.33. The first-order chi connectivity index (χ1) is 10.2. The van der Waals surface area contributed by atoms with E-state index < -0.39 is 12.1 Å². The van der Waals surface area contributed by atoms with E-state index >= 15 is 0 Å². The van der Waals surface area contributed by atoms with Crippen molar-refractivity contribution in [2.24, 2.45) is 0 Å². The van der Waals surface area contributed by atoms with Crippen LogP contribution in [0.3, 0.4) is 0 Å². The average molecular weight is 287 g/mol. The number of aryl methyl sites for hydroxylation is 2. The first-order valence-electron chi connectivity index (χ1n) is 7.21. The molecule has 1 aliphatic heterocycles. The van der Waals surface area contributed by atoms with E-state index in [1.165, 1.54) is 0 Å². The van der Waals surface area contributed by atoms with Gasteiger partial charge in [-0.15, -0.1) is 0 Å². The molecule has 3 rings (SSSR count). The minimum absolute atomic E-state index is 0.232. The number of morpholine rings is 1. The molecule has 1 aromatic rings. The number of hydrogen-bond acceptors (Lipinski definition) is 5. The summed E-state index contributed by atoms with van der Waals surface area (Å²) >= 11 is 0. The van der Waals surface area contributed by atoms with E-state index in [0.29, 0.717) is 24.5 Å². The molecule has 0 radical (unpaired) electrons. The molecule has 2 aliphatic rings. The molecule has 1 fully saturated rings. The highest BCUT2D eigenvalue weighted by atomic mass is 16.5. The first-order valence-corrected chi connectivity index (χ1v) is 7.21. The van der Waals surface area contributed by atoms with Crippen LogP contribution in [0.4, 0.5) is 5.82 Å². The van der Waals surface area contributed by atoms with Crippen LogP contribution < -0.4 is 4.90 Å². The number of nitriles is 1. The molecule has 21 heavy (non-hydrogen) atoms. The number of fused-ring (bicyclic) bond motifs is 1. The Bertz CT molecular complexity index is 609. The van der Waals surface area contributed by atoms with Crippen molar-refractivity contribution in [2.45, 2.75) is 31.8 Å². The minimum Gasteiger partial charge on any atom is -0.479 e. The second-order valence-corrected chi connectivity index (χ2v) is 5.43. The fraction of sp³-hybridized carbons (Fsp3) is 0.533. The molecule has 1 atom stereocenters. The molecule has 1 aliphatic carbocycles. The second kappa shape index (κ2) is 5.70. The smallest absolute Gasteiger partial charge is 0.334 e. The molecule has 6 heteroatoms. The molecule has 0 bridgehead atoms. The van der Waals surface area contributed by atoms with E-state index in [2.05, 4.69) is 11.1 Å². The van der Waals surface area contributed by atoms with Crippen molar-refractivity contribution in [1.82, 2.24) is 4.98 Å². The van der Waals surface area contributed by atoms with Gasteiger partial charge in [0.2, 0.25) is 0 Å². The number of nitrogens with zero attached hydrogens (tertiary/aromatic N) is 3. The SMILES string of the molecule is N#Cc1cc2c(nc1N1CCOC(C(=O)O)C1)CCCC2. The fourth-order valence-corrected chi connectivity index (χ4v) is 2.94. The maximum atomic E-state index is 11.1. The van der Waals surface area contributed by atoms with Gasteiger partial charge in [0.25, 0.3) is 0 Å². The van der Waals surface area contributed by atoms with Gasteiger partial charge < -0.3 is 14.7 Å². The van der Waals surface area contributed by atoms with Crippen LogP contribution in [0.25, 0.3) is 0 Å². The molecule has 6 nitrogen and oxygen atoms in total. The summed E-state index contributed by atoms with van der Waals surface area (Å²) in [5.41, 5.74) is 2.74. The van der Waals surface area contributed by atoms with Crippen molar-refractivity contribution in [3.63, 3.8) is 0 Å². The Kier molecular flexibility index (Phi) is 3.76. The molecule has 110 valence electrons. The van der Waals surface area contributed by atoms with E-state index in [1.54, 1.807) is 0 Å². The van der Waals surface area contributed by atoms with Gasteiger partial charge in [-0.05, 0) is 37.3 Å². The van der Waals surface area contributed by atoms with Crippen LogP contribution >= 0.6 is 0 Å². The number of carboxylic acids is 1. The van der Waals surface area contributed by atoms with Crippen molar-refractivity contribution in [2.75, 3.05) is 24.6 Å². The third-order valence-electron chi connectivity index (χ3n) is 4.04. The van der Waals surface area contributed by atoms with Crippen LogP contribution in [0.2, 0.25) is 0 Å². The summed E-state index contributed by atoms with van der Waals surface area (Å²) in [5, 5.41) is 18.4. The molecule has 2 heterocycles. The van der Waals surface area contributed by atoms with Gasteiger partial charge in [-0.25, -0.2) is 9.78 Å². The van der Waals surface area contributed by atoms with Crippen LogP contribution in [0.15, 0.2) is 6.07 Å². The lowest BCUT2D eigenvalue weighted by Crippen LogP contribution is -2.46. The van der Waals surface area contributed by atoms with Crippen LogP contribution in [0, 0.1) is 11.3 Å². The fourth-order valence-electron chi connectivity index (χ4n) is 2.94. The molecule has 1 saturated heterocycles. The highest BCUT2D eigenvalue weighted by molar-refractivity contribution is 5.74. The third-order valence-corrected chi connectivity index (χ3v) is 4.04. The number of rotatable bonds is 2. The van der Waals surface area contributed by atoms with Gasteiger partial charge in [0.05, 0.1) is 18.7 Å². The van der Waals surface area contributed by atoms with Crippen molar-refractivity contribution >= 4 is 11.8 Å². The zero-order valence-electron chi connectivity index (χ0n) is 11.7. The largest absolute Gasteiger partial charge is 0.479 e. The van der Waals surface area contributed by atoms with Crippen LogP contribution in [0.5, 0.6) is 0 Å². The predicted octanol–water partition coefficient (Wildman–Crippen LogP) is 1.12. The monoisotopic (exact) mass is 287 g/mol. The van der Waals surface area contributed by atoms with Gasteiger partial charge in [0, 0.05) is 12.2 Å². The van der Waals surface area contributed by atoms with E-state index in [9.17, 15) is 10.1 Å². The standard InChI is InChI=1S/C15H17N3O3/c16-8-11-7-10-3-1-2-4-12(10)17-14(11)18-5-6-21-13(9-18)15(19)20/h7,13H,1-6,9H2,(H,19,20). The second-order valence-electron chi connectivity index (χ2n) is 5.43. The van der Waals surface area contributed by atoms with Crippen molar-refractivity contribution in [3.8, 4) is 6.07 Å². The summed E-state index contributed by atoms with van der Waals surface area (Å²) in [4.78, 5) is 17.6. The Hall–Kier alpha value is -2.13. The molecule has 0 amide bonds. The number of carboxylic acid groups (broad SMARTS) is 1. The number of hydrogen-bond donors (Lipinski definition) is 1. The van der Waals surface area contributed by atoms with Crippen LogP contribution in [0.1, 0.15) is 29.7 Å². The van der Waals surface area contributed by atoms with Crippen molar-refractivity contribution in [3.05, 3.63) is 22.9 Å².